The summed E-state index contributed by atoms with van der Waals surface area (Å²) >= 11 is 0. The molecule has 2 aromatic rings. The number of carbonyl (C=O) groups excluding carboxylic acids is 2. The van der Waals surface area contributed by atoms with Crippen LogP contribution in [-0.4, -0.2) is 31.0 Å². The van der Waals surface area contributed by atoms with Crippen LogP contribution in [0.4, 0.5) is 4.39 Å². The Labute approximate surface area is 164 Å². The lowest BCUT2D eigenvalue weighted by Crippen LogP contribution is -2.49. The molecule has 0 bridgehead atoms. The zero-order valence-corrected chi connectivity index (χ0v) is 16.1. The lowest BCUT2D eigenvalue weighted by Gasteiger charge is -2.20. The summed E-state index contributed by atoms with van der Waals surface area (Å²) in [7, 11) is 1.66. The van der Waals surface area contributed by atoms with Gasteiger partial charge < -0.3 is 15.4 Å². The molecule has 0 aliphatic rings. The largest absolute Gasteiger partial charge is 0.459 e. The van der Waals surface area contributed by atoms with Crippen molar-refractivity contribution in [3.63, 3.8) is 0 Å². The summed E-state index contributed by atoms with van der Waals surface area (Å²) in [6, 6.07) is 13.8. The van der Waals surface area contributed by atoms with Gasteiger partial charge in [0.1, 0.15) is 18.5 Å². The molecule has 0 aliphatic carbocycles. The Hall–Kier alpha value is -2.44. The Kier molecular flexibility index (Phi) is 9.47. The maximum atomic E-state index is 13.1. The summed E-state index contributed by atoms with van der Waals surface area (Å²) < 4.78 is 18.4. The van der Waals surface area contributed by atoms with Gasteiger partial charge in [-0.25, -0.2) is 9.18 Å². The smallest absolute Gasteiger partial charge is 0.329 e. The lowest BCUT2D eigenvalue weighted by molar-refractivity contribution is -0.149. The standard InChI is InChI=1S/C20H23FN2O3.ClH/c1-14(22-2)19(24)23-18(12-15-8-10-17(21)11-9-15)20(25)26-13-16-6-4-3-5-7-16;/h3-11,14,18,22H,12-13H2,1-2H3,(H,23,24);1H. The fourth-order valence-corrected chi connectivity index (χ4v) is 2.31. The molecule has 0 radical (unpaired) electrons. The van der Waals surface area contributed by atoms with Crippen LogP contribution >= 0.6 is 12.4 Å². The average molecular weight is 395 g/mol. The summed E-state index contributed by atoms with van der Waals surface area (Å²) in [4.78, 5) is 24.7. The van der Waals surface area contributed by atoms with Crippen molar-refractivity contribution in [1.82, 2.24) is 10.6 Å². The predicted molar refractivity (Wildman–Crippen MR) is 104 cm³/mol. The molecule has 5 nitrogen and oxygen atoms in total. The van der Waals surface area contributed by atoms with Crippen LogP contribution in [-0.2, 0) is 27.4 Å². The van der Waals surface area contributed by atoms with Gasteiger partial charge in [-0.15, -0.1) is 12.4 Å². The second-order valence-corrected chi connectivity index (χ2v) is 6.00. The van der Waals surface area contributed by atoms with Gasteiger partial charge in [0.25, 0.3) is 0 Å². The molecule has 0 heterocycles. The summed E-state index contributed by atoms with van der Waals surface area (Å²) in [5, 5.41) is 5.52. The minimum Gasteiger partial charge on any atom is -0.459 e. The number of halogens is 2. The number of nitrogens with one attached hydrogen (secondary N) is 2. The Morgan fingerprint density at radius 1 is 1.04 bits per heavy atom. The highest BCUT2D eigenvalue weighted by molar-refractivity contribution is 5.87. The number of esters is 1. The van der Waals surface area contributed by atoms with Crippen molar-refractivity contribution < 1.29 is 18.7 Å². The van der Waals surface area contributed by atoms with Gasteiger partial charge in [-0.05, 0) is 37.2 Å². The minimum atomic E-state index is -0.854. The molecule has 2 aromatic carbocycles. The van der Waals surface area contributed by atoms with E-state index in [9.17, 15) is 14.0 Å². The van der Waals surface area contributed by atoms with E-state index in [1.165, 1.54) is 12.1 Å². The summed E-state index contributed by atoms with van der Waals surface area (Å²) in [5.41, 5.74) is 1.58. The van der Waals surface area contributed by atoms with Crippen LogP contribution in [0.15, 0.2) is 54.6 Å². The third-order valence-corrected chi connectivity index (χ3v) is 4.00. The molecule has 0 spiro atoms. The molecular formula is C20H24ClFN2O3. The first-order valence-corrected chi connectivity index (χ1v) is 8.42. The van der Waals surface area contributed by atoms with Crippen LogP contribution < -0.4 is 10.6 Å². The predicted octanol–water partition coefficient (Wildman–Crippen LogP) is 2.63. The van der Waals surface area contributed by atoms with E-state index >= 15 is 0 Å². The molecule has 0 aliphatic heterocycles. The molecule has 0 aromatic heterocycles. The number of hydrogen-bond donors (Lipinski definition) is 2. The zero-order valence-electron chi connectivity index (χ0n) is 15.3. The molecule has 2 atom stereocenters. The molecule has 2 unspecified atom stereocenters. The van der Waals surface area contributed by atoms with E-state index in [-0.39, 0.29) is 37.2 Å². The molecule has 1 amide bonds. The molecule has 0 fully saturated rings. The second kappa shape index (κ2) is 11.3. The Bertz CT molecular complexity index is 726. The molecular weight excluding hydrogens is 371 g/mol. The van der Waals surface area contributed by atoms with E-state index in [0.717, 1.165) is 11.1 Å². The molecule has 0 saturated carbocycles. The molecule has 146 valence electrons. The van der Waals surface area contributed by atoms with E-state index in [4.69, 9.17) is 4.74 Å². The summed E-state index contributed by atoms with van der Waals surface area (Å²) in [6.07, 6.45) is 0.218. The molecule has 2 N–H and O–H groups in total. The first-order chi connectivity index (χ1) is 12.5. The monoisotopic (exact) mass is 394 g/mol. The van der Waals surface area contributed by atoms with Gasteiger partial charge in [-0.2, -0.15) is 0 Å². The Morgan fingerprint density at radius 2 is 1.67 bits per heavy atom. The van der Waals surface area contributed by atoms with Crippen LogP contribution in [0.2, 0.25) is 0 Å². The maximum absolute atomic E-state index is 13.1. The van der Waals surface area contributed by atoms with Gasteiger partial charge in [0, 0.05) is 6.42 Å². The van der Waals surface area contributed by atoms with Gasteiger partial charge in [0.05, 0.1) is 6.04 Å². The molecule has 0 saturated heterocycles. The fraction of sp³-hybridized carbons (Fsp3) is 0.300. The van der Waals surface area contributed by atoms with Gasteiger partial charge >= 0.3 is 5.97 Å². The van der Waals surface area contributed by atoms with Crippen molar-refractivity contribution in [3.05, 3.63) is 71.5 Å². The first-order valence-electron chi connectivity index (χ1n) is 8.42. The van der Waals surface area contributed by atoms with Crippen LogP contribution in [0.5, 0.6) is 0 Å². The van der Waals surface area contributed by atoms with Gasteiger partial charge in [-0.3, -0.25) is 4.79 Å². The van der Waals surface area contributed by atoms with Crippen molar-refractivity contribution >= 4 is 24.3 Å². The Morgan fingerprint density at radius 3 is 2.26 bits per heavy atom. The summed E-state index contributed by atoms with van der Waals surface area (Å²) in [6.45, 7) is 1.82. The van der Waals surface area contributed by atoms with Gasteiger partial charge in [0.2, 0.25) is 5.91 Å². The van der Waals surface area contributed by atoms with Crippen molar-refractivity contribution in [3.8, 4) is 0 Å². The highest BCUT2D eigenvalue weighted by Gasteiger charge is 2.24. The topological polar surface area (TPSA) is 67.4 Å². The fourth-order valence-electron chi connectivity index (χ4n) is 2.31. The number of rotatable bonds is 8. The van der Waals surface area contributed by atoms with Crippen LogP contribution in [0.1, 0.15) is 18.1 Å². The van der Waals surface area contributed by atoms with E-state index in [1.54, 1.807) is 26.1 Å². The highest BCUT2D eigenvalue weighted by atomic mass is 35.5. The third-order valence-electron chi connectivity index (χ3n) is 4.00. The van der Waals surface area contributed by atoms with E-state index in [1.807, 2.05) is 30.3 Å². The highest BCUT2D eigenvalue weighted by Crippen LogP contribution is 2.09. The van der Waals surface area contributed by atoms with Crippen LogP contribution in [0.25, 0.3) is 0 Å². The summed E-state index contributed by atoms with van der Waals surface area (Å²) in [5.74, 6) is -1.20. The van der Waals surface area contributed by atoms with Crippen molar-refractivity contribution in [2.75, 3.05) is 7.05 Å². The van der Waals surface area contributed by atoms with Crippen LogP contribution in [0, 0.1) is 5.82 Å². The maximum Gasteiger partial charge on any atom is 0.329 e. The van der Waals surface area contributed by atoms with Crippen LogP contribution in [0.3, 0.4) is 0 Å². The second-order valence-electron chi connectivity index (χ2n) is 6.00. The lowest BCUT2D eigenvalue weighted by atomic mass is 10.1. The number of carbonyl (C=O) groups is 2. The van der Waals surface area contributed by atoms with Gasteiger partial charge in [0.15, 0.2) is 0 Å². The Balaban J connectivity index is 0.00000364. The molecule has 27 heavy (non-hydrogen) atoms. The van der Waals surface area contributed by atoms with E-state index in [2.05, 4.69) is 10.6 Å². The number of amides is 1. The number of ether oxygens (including phenoxy) is 1. The zero-order chi connectivity index (χ0) is 18.9. The van der Waals surface area contributed by atoms with Gasteiger partial charge in [-0.1, -0.05) is 42.5 Å². The van der Waals surface area contributed by atoms with E-state index < -0.39 is 18.1 Å². The number of likely N-dealkylation sites (N-methyl/N-ethyl adjacent to an activating group) is 1. The van der Waals surface area contributed by atoms with Crippen molar-refractivity contribution in [2.45, 2.75) is 32.0 Å². The number of hydrogen-bond acceptors (Lipinski definition) is 4. The normalized spacial score (nSPS) is 12.4. The number of benzene rings is 2. The molecule has 7 heteroatoms. The van der Waals surface area contributed by atoms with E-state index in [0.29, 0.717) is 0 Å². The first kappa shape index (κ1) is 22.6. The van der Waals surface area contributed by atoms with Crippen molar-refractivity contribution in [1.29, 1.82) is 0 Å². The average Bonchev–Trinajstić information content (AvgIpc) is 2.67. The minimum absolute atomic E-state index is 0. The van der Waals surface area contributed by atoms with Crippen molar-refractivity contribution in [2.24, 2.45) is 0 Å². The molecule has 2 rings (SSSR count). The SMILES string of the molecule is CNC(C)C(=O)NC(Cc1ccc(F)cc1)C(=O)OCc1ccccc1.Cl. The quantitative estimate of drug-likeness (QED) is 0.675. The third kappa shape index (κ3) is 7.37.